The third kappa shape index (κ3) is 3.75. The maximum Gasteiger partial charge on any atom is 0.0704 e. The average molecular weight is 283 g/mol. The summed E-state index contributed by atoms with van der Waals surface area (Å²) < 4.78 is 11.8. The van der Waals surface area contributed by atoms with E-state index in [1.54, 1.807) is 0 Å². The summed E-state index contributed by atoms with van der Waals surface area (Å²) in [4.78, 5) is 0. The summed E-state index contributed by atoms with van der Waals surface area (Å²) in [6.45, 7) is 8.94. The molecule has 2 aliphatic rings. The van der Waals surface area contributed by atoms with Gasteiger partial charge >= 0.3 is 0 Å². The highest BCUT2D eigenvalue weighted by Gasteiger charge is 2.54. The van der Waals surface area contributed by atoms with E-state index in [0.717, 1.165) is 19.8 Å². The van der Waals surface area contributed by atoms with Crippen molar-refractivity contribution in [2.24, 2.45) is 5.41 Å². The first-order valence-corrected chi connectivity index (χ1v) is 8.65. The molecular weight excluding hydrogens is 250 g/mol. The van der Waals surface area contributed by atoms with Gasteiger partial charge in [0.25, 0.3) is 0 Å². The van der Waals surface area contributed by atoms with Crippen LogP contribution in [0, 0.1) is 5.41 Å². The largest absolute Gasteiger partial charge is 0.376 e. The van der Waals surface area contributed by atoms with Crippen LogP contribution in [0.5, 0.6) is 0 Å². The van der Waals surface area contributed by atoms with E-state index < -0.39 is 0 Å². The molecule has 2 aliphatic carbocycles. The Hall–Kier alpha value is -0.120. The van der Waals surface area contributed by atoms with Gasteiger partial charge in [-0.15, -0.1) is 0 Å². The molecule has 2 saturated carbocycles. The smallest absolute Gasteiger partial charge is 0.0704 e. The Labute approximate surface area is 124 Å². The van der Waals surface area contributed by atoms with Crippen molar-refractivity contribution in [3.63, 3.8) is 0 Å². The van der Waals surface area contributed by atoms with Gasteiger partial charge in [-0.05, 0) is 39.7 Å². The van der Waals surface area contributed by atoms with Crippen LogP contribution < -0.4 is 5.32 Å². The quantitative estimate of drug-likeness (QED) is 0.725. The van der Waals surface area contributed by atoms with Crippen LogP contribution >= 0.6 is 0 Å². The Bertz CT molecular complexity index is 272. The third-order valence-electron chi connectivity index (χ3n) is 5.12. The van der Waals surface area contributed by atoms with Crippen LogP contribution in [-0.4, -0.2) is 38.0 Å². The summed E-state index contributed by atoms with van der Waals surface area (Å²) in [6.07, 6.45) is 10.2. The second kappa shape index (κ2) is 7.77. The van der Waals surface area contributed by atoms with E-state index in [1.165, 1.54) is 44.9 Å². The number of rotatable bonds is 7. The molecule has 2 fully saturated rings. The highest BCUT2D eigenvalue weighted by atomic mass is 16.5. The number of nitrogens with one attached hydrogen (secondary N) is 1. The van der Waals surface area contributed by atoms with Crippen LogP contribution in [0.3, 0.4) is 0 Å². The van der Waals surface area contributed by atoms with E-state index in [1.807, 2.05) is 0 Å². The monoisotopic (exact) mass is 283 g/mol. The van der Waals surface area contributed by atoms with Crippen LogP contribution in [0.25, 0.3) is 0 Å². The molecule has 2 atom stereocenters. The SMILES string of the molecule is CCNC1CC(OCCOC(C)C)C12CCCCCC2. The topological polar surface area (TPSA) is 30.5 Å². The molecule has 0 aromatic heterocycles. The summed E-state index contributed by atoms with van der Waals surface area (Å²) >= 11 is 0. The fraction of sp³-hybridized carbons (Fsp3) is 1.00. The summed E-state index contributed by atoms with van der Waals surface area (Å²) in [5.41, 5.74) is 0.421. The molecule has 0 aliphatic heterocycles. The van der Waals surface area contributed by atoms with Crippen LogP contribution in [0.2, 0.25) is 0 Å². The van der Waals surface area contributed by atoms with E-state index in [0.29, 0.717) is 23.7 Å². The van der Waals surface area contributed by atoms with Gasteiger partial charge in [0.1, 0.15) is 0 Å². The van der Waals surface area contributed by atoms with Gasteiger partial charge in [0, 0.05) is 11.5 Å². The molecule has 0 bridgehead atoms. The zero-order valence-electron chi connectivity index (χ0n) is 13.6. The maximum atomic E-state index is 6.19. The van der Waals surface area contributed by atoms with Crippen molar-refractivity contribution in [2.75, 3.05) is 19.8 Å². The molecule has 2 unspecified atom stereocenters. The first-order chi connectivity index (χ1) is 9.69. The Kier molecular flexibility index (Phi) is 6.31. The first kappa shape index (κ1) is 16.3. The third-order valence-corrected chi connectivity index (χ3v) is 5.12. The Balaban J connectivity index is 1.84. The van der Waals surface area contributed by atoms with Gasteiger partial charge in [-0.3, -0.25) is 0 Å². The van der Waals surface area contributed by atoms with Gasteiger partial charge in [0.05, 0.1) is 25.4 Å². The summed E-state index contributed by atoms with van der Waals surface area (Å²) in [5, 5.41) is 3.70. The number of ether oxygens (including phenoxy) is 2. The van der Waals surface area contributed by atoms with Gasteiger partial charge in [-0.25, -0.2) is 0 Å². The lowest BCUT2D eigenvalue weighted by molar-refractivity contribution is -0.152. The fourth-order valence-electron chi connectivity index (χ4n) is 4.05. The Morgan fingerprint density at radius 3 is 2.40 bits per heavy atom. The fourth-order valence-corrected chi connectivity index (χ4v) is 4.05. The van der Waals surface area contributed by atoms with Crippen molar-refractivity contribution < 1.29 is 9.47 Å². The van der Waals surface area contributed by atoms with Crippen molar-refractivity contribution in [2.45, 2.75) is 84.0 Å². The second-order valence-corrected chi connectivity index (χ2v) is 6.77. The molecule has 1 N–H and O–H groups in total. The molecule has 0 amide bonds. The minimum atomic E-state index is 0.307. The van der Waals surface area contributed by atoms with E-state index >= 15 is 0 Å². The highest BCUT2D eigenvalue weighted by Crippen LogP contribution is 2.52. The van der Waals surface area contributed by atoms with Crippen molar-refractivity contribution in [3.05, 3.63) is 0 Å². The van der Waals surface area contributed by atoms with E-state index in [4.69, 9.17) is 9.47 Å². The Morgan fingerprint density at radius 2 is 1.80 bits per heavy atom. The summed E-state index contributed by atoms with van der Waals surface area (Å²) in [6, 6.07) is 0.682. The molecule has 3 heteroatoms. The van der Waals surface area contributed by atoms with Gasteiger partial charge < -0.3 is 14.8 Å². The Morgan fingerprint density at radius 1 is 1.10 bits per heavy atom. The normalized spacial score (nSPS) is 29.4. The molecule has 0 aromatic rings. The number of hydrogen-bond donors (Lipinski definition) is 1. The lowest BCUT2D eigenvalue weighted by Gasteiger charge is -2.56. The predicted molar refractivity (Wildman–Crippen MR) is 83.0 cm³/mol. The van der Waals surface area contributed by atoms with Crippen molar-refractivity contribution in [3.8, 4) is 0 Å². The van der Waals surface area contributed by atoms with E-state index in [-0.39, 0.29) is 0 Å². The molecule has 118 valence electrons. The molecule has 0 radical (unpaired) electrons. The minimum absolute atomic E-state index is 0.307. The van der Waals surface area contributed by atoms with E-state index in [2.05, 4.69) is 26.1 Å². The zero-order chi connectivity index (χ0) is 14.4. The van der Waals surface area contributed by atoms with Crippen molar-refractivity contribution in [1.29, 1.82) is 0 Å². The van der Waals surface area contributed by atoms with Crippen molar-refractivity contribution in [1.82, 2.24) is 5.32 Å². The van der Waals surface area contributed by atoms with Crippen LogP contribution in [0.15, 0.2) is 0 Å². The molecule has 2 rings (SSSR count). The van der Waals surface area contributed by atoms with Gasteiger partial charge in [-0.1, -0.05) is 32.6 Å². The molecule has 0 heterocycles. The zero-order valence-corrected chi connectivity index (χ0v) is 13.6. The second-order valence-electron chi connectivity index (χ2n) is 6.77. The van der Waals surface area contributed by atoms with Gasteiger partial charge in [-0.2, -0.15) is 0 Å². The number of hydrogen-bond acceptors (Lipinski definition) is 3. The van der Waals surface area contributed by atoms with Gasteiger partial charge in [0.2, 0.25) is 0 Å². The lowest BCUT2D eigenvalue weighted by atomic mass is 9.57. The molecular formula is C17H33NO2. The molecule has 1 spiro atoms. The van der Waals surface area contributed by atoms with E-state index in [9.17, 15) is 0 Å². The van der Waals surface area contributed by atoms with Crippen LogP contribution in [0.4, 0.5) is 0 Å². The molecule has 0 aromatic carbocycles. The maximum absolute atomic E-state index is 6.19. The van der Waals surface area contributed by atoms with Crippen molar-refractivity contribution >= 4 is 0 Å². The van der Waals surface area contributed by atoms with Crippen LogP contribution in [-0.2, 0) is 9.47 Å². The van der Waals surface area contributed by atoms with Gasteiger partial charge in [0.15, 0.2) is 0 Å². The average Bonchev–Trinajstić information content (AvgIpc) is 2.68. The lowest BCUT2D eigenvalue weighted by Crippen LogP contribution is -2.63. The first-order valence-electron chi connectivity index (χ1n) is 8.65. The summed E-state index contributed by atoms with van der Waals surface area (Å²) in [7, 11) is 0. The minimum Gasteiger partial charge on any atom is -0.376 e. The summed E-state index contributed by atoms with van der Waals surface area (Å²) in [5.74, 6) is 0. The predicted octanol–water partition coefficient (Wildman–Crippen LogP) is 3.52. The van der Waals surface area contributed by atoms with Crippen LogP contribution in [0.1, 0.15) is 65.7 Å². The molecule has 0 saturated heterocycles. The highest BCUT2D eigenvalue weighted by molar-refractivity contribution is 5.08. The molecule has 3 nitrogen and oxygen atoms in total. The molecule has 20 heavy (non-hydrogen) atoms. The standard InChI is InChI=1S/C17H33NO2/c1-4-18-15-13-16(20-12-11-19-14(2)3)17(15)9-7-5-6-8-10-17/h14-16,18H,4-13H2,1-3H3.